The first-order valence-corrected chi connectivity index (χ1v) is 8.12. The van der Waals surface area contributed by atoms with E-state index < -0.39 is 24.2 Å². The summed E-state index contributed by atoms with van der Waals surface area (Å²) in [5, 5.41) is 20.8. The van der Waals surface area contributed by atoms with Crippen molar-refractivity contribution in [3.63, 3.8) is 0 Å². The van der Waals surface area contributed by atoms with E-state index in [1.54, 1.807) is 6.92 Å². The van der Waals surface area contributed by atoms with Crippen molar-refractivity contribution >= 4 is 5.91 Å². The fourth-order valence-corrected chi connectivity index (χ4v) is 3.63. The van der Waals surface area contributed by atoms with Crippen molar-refractivity contribution < 1.29 is 19.7 Å². The van der Waals surface area contributed by atoms with Crippen molar-refractivity contribution in [2.45, 2.75) is 71.7 Å². The van der Waals surface area contributed by atoms with Gasteiger partial charge < -0.3 is 20.7 Å². The maximum Gasteiger partial charge on any atom is 0.249 e. The normalized spacial score (nSPS) is 23.8. The number of benzene rings is 1. The lowest BCUT2D eigenvalue weighted by Crippen LogP contribution is -2.40. The minimum Gasteiger partial charge on any atom is -0.487 e. The lowest BCUT2D eigenvalue weighted by molar-refractivity contribution is -0.0624. The zero-order chi connectivity index (χ0) is 17.6. The van der Waals surface area contributed by atoms with Crippen LogP contribution in [0.3, 0.4) is 0 Å². The van der Waals surface area contributed by atoms with E-state index in [9.17, 15) is 15.0 Å². The molecule has 0 aliphatic carbocycles. The monoisotopic (exact) mass is 321 g/mol. The Balaban J connectivity index is 2.96. The third kappa shape index (κ3) is 2.72. The maximum atomic E-state index is 12.2. The molecule has 1 heterocycles. The van der Waals surface area contributed by atoms with Crippen LogP contribution in [0.15, 0.2) is 0 Å². The molecule has 1 aliphatic heterocycles. The highest BCUT2D eigenvalue weighted by molar-refractivity contribution is 5.98. The molecule has 1 aromatic carbocycles. The second kappa shape index (κ2) is 6.13. The van der Waals surface area contributed by atoms with Crippen LogP contribution in [0.4, 0.5) is 0 Å². The van der Waals surface area contributed by atoms with Crippen LogP contribution in [0, 0.1) is 6.92 Å². The molecular weight excluding hydrogens is 294 g/mol. The summed E-state index contributed by atoms with van der Waals surface area (Å²) in [5.41, 5.74) is 8.98. The molecule has 1 aromatic rings. The number of amides is 1. The van der Waals surface area contributed by atoms with Gasteiger partial charge in [-0.25, -0.2) is 0 Å². The predicted octanol–water partition coefficient (Wildman–Crippen LogP) is 2.52. The van der Waals surface area contributed by atoms with Gasteiger partial charge in [0.25, 0.3) is 0 Å². The van der Waals surface area contributed by atoms with E-state index in [2.05, 4.69) is 0 Å². The molecule has 0 saturated heterocycles. The number of carbonyl (C=O) groups is 1. The third-order valence-electron chi connectivity index (χ3n) is 4.62. The number of ether oxygens (including phenoxy) is 1. The minimum atomic E-state index is -1.09. The van der Waals surface area contributed by atoms with Crippen LogP contribution in [0.2, 0.25) is 0 Å². The molecule has 3 atom stereocenters. The number of primary amides is 1. The van der Waals surface area contributed by atoms with Gasteiger partial charge in [0.1, 0.15) is 24.1 Å². The summed E-state index contributed by atoms with van der Waals surface area (Å²) in [6, 6.07) is 0. The summed E-state index contributed by atoms with van der Waals surface area (Å²) in [6.07, 6.45) is -2.65. The summed E-state index contributed by atoms with van der Waals surface area (Å²) >= 11 is 0. The number of fused-ring (bicyclic) bond motifs is 1. The van der Waals surface area contributed by atoms with Gasteiger partial charge in [0.2, 0.25) is 5.91 Å². The molecule has 1 amide bonds. The highest BCUT2D eigenvalue weighted by Crippen LogP contribution is 2.47. The Morgan fingerprint density at radius 1 is 1.13 bits per heavy atom. The van der Waals surface area contributed by atoms with E-state index in [1.165, 1.54) is 0 Å². The smallest absolute Gasteiger partial charge is 0.249 e. The van der Waals surface area contributed by atoms with Gasteiger partial charge in [-0.2, -0.15) is 0 Å². The average molecular weight is 321 g/mol. The van der Waals surface area contributed by atoms with E-state index in [0.29, 0.717) is 22.4 Å². The van der Waals surface area contributed by atoms with Crippen LogP contribution >= 0.6 is 0 Å². The number of carbonyl (C=O) groups excluding carboxylic acids is 1. The summed E-state index contributed by atoms with van der Waals surface area (Å²) < 4.78 is 5.90. The van der Waals surface area contributed by atoms with Gasteiger partial charge in [-0.3, -0.25) is 4.79 Å². The van der Waals surface area contributed by atoms with E-state index >= 15 is 0 Å². The summed E-state index contributed by atoms with van der Waals surface area (Å²) in [6.45, 7) is 11.5. The number of rotatable bonds is 3. The van der Waals surface area contributed by atoms with Crippen molar-refractivity contribution in [1.29, 1.82) is 0 Å². The Kier molecular flexibility index (Phi) is 4.74. The van der Waals surface area contributed by atoms with E-state index in [-0.39, 0.29) is 11.8 Å². The first kappa shape index (κ1) is 17.8. The Hall–Kier alpha value is -1.59. The van der Waals surface area contributed by atoms with Crippen molar-refractivity contribution in [1.82, 2.24) is 0 Å². The number of aliphatic hydroxyl groups is 2. The molecule has 5 heteroatoms. The van der Waals surface area contributed by atoms with Gasteiger partial charge in [-0.15, -0.1) is 0 Å². The molecule has 128 valence electrons. The second-order valence-electron chi connectivity index (χ2n) is 7.00. The highest BCUT2D eigenvalue weighted by Gasteiger charge is 2.39. The fourth-order valence-electron chi connectivity index (χ4n) is 3.63. The van der Waals surface area contributed by atoms with Crippen LogP contribution in [0.25, 0.3) is 0 Å². The first-order chi connectivity index (χ1) is 10.6. The molecule has 4 N–H and O–H groups in total. The average Bonchev–Trinajstić information content (AvgIpc) is 2.44. The fraction of sp³-hybridized carbons (Fsp3) is 0.611. The summed E-state index contributed by atoms with van der Waals surface area (Å²) in [4.78, 5) is 12.2. The van der Waals surface area contributed by atoms with Gasteiger partial charge in [-0.05, 0) is 42.4 Å². The zero-order valence-corrected chi connectivity index (χ0v) is 14.7. The van der Waals surface area contributed by atoms with Crippen molar-refractivity contribution in [3.8, 4) is 5.75 Å². The molecule has 0 bridgehead atoms. The highest BCUT2D eigenvalue weighted by atomic mass is 16.5. The van der Waals surface area contributed by atoms with Gasteiger partial charge in [0, 0.05) is 11.1 Å². The molecular formula is C18H27NO4. The van der Waals surface area contributed by atoms with Gasteiger partial charge in [-0.1, -0.05) is 27.7 Å². The lowest BCUT2D eigenvalue weighted by atomic mass is 9.78. The molecule has 1 aliphatic rings. The summed E-state index contributed by atoms with van der Waals surface area (Å²) in [7, 11) is 0. The van der Waals surface area contributed by atoms with Gasteiger partial charge in [0.05, 0.1) is 0 Å². The van der Waals surface area contributed by atoms with Crippen LogP contribution in [0.5, 0.6) is 5.75 Å². The standard InChI is InChI=1S/C18H27NO4/c1-7(2)11-9(5)17-14(16(21)15(20)10(6)23-17)12(8(3)4)13(11)18(19)22/h7-8,10,15-16,20-21H,1-6H3,(H2,19,22). The first-order valence-electron chi connectivity index (χ1n) is 8.12. The summed E-state index contributed by atoms with van der Waals surface area (Å²) in [5.74, 6) is 0.114. The number of hydrogen-bond acceptors (Lipinski definition) is 4. The maximum absolute atomic E-state index is 12.2. The molecule has 0 aromatic heterocycles. The number of nitrogens with two attached hydrogens (primary N) is 1. The molecule has 5 nitrogen and oxygen atoms in total. The van der Waals surface area contributed by atoms with E-state index in [4.69, 9.17) is 10.5 Å². The molecule has 0 saturated carbocycles. The predicted molar refractivity (Wildman–Crippen MR) is 88.9 cm³/mol. The topological polar surface area (TPSA) is 92.8 Å². The van der Waals surface area contributed by atoms with Crippen molar-refractivity contribution in [2.24, 2.45) is 5.73 Å². The molecule has 2 rings (SSSR count). The van der Waals surface area contributed by atoms with Crippen molar-refractivity contribution in [2.75, 3.05) is 0 Å². The van der Waals surface area contributed by atoms with E-state index in [0.717, 1.165) is 11.1 Å². The molecule has 23 heavy (non-hydrogen) atoms. The third-order valence-corrected chi connectivity index (χ3v) is 4.62. The molecule has 0 fully saturated rings. The largest absolute Gasteiger partial charge is 0.487 e. The van der Waals surface area contributed by atoms with Gasteiger partial charge in [0.15, 0.2) is 0 Å². The Bertz CT molecular complexity index is 637. The second-order valence-corrected chi connectivity index (χ2v) is 7.00. The Morgan fingerprint density at radius 3 is 2.09 bits per heavy atom. The van der Waals surface area contributed by atoms with Gasteiger partial charge >= 0.3 is 0 Å². The van der Waals surface area contributed by atoms with E-state index in [1.807, 2.05) is 34.6 Å². The Labute approximate surface area is 137 Å². The van der Waals surface area contributed by atoms with Crippen molar-refractivity contribution in [3.05, 3.63) is 27.8 Å². The van der Waals surface area contributed by atoms with Crippen LogP contribution < -0.4 is 10.5 Å². The van der Waals surface area contributed by atoms with Crippen LogP contribution in [-0.4, -0.2) is 28.3 Å². The zero-order valence-electron chi connectivity index (χ0n) is 14.7. The lowest BCUT2D eigenvalue weighted by Gasteiger charge is -2.37. The molecule has 0 radical (unpaired) electrons. The Morgan fingerprint density at radius 2 is 1.65 bits per heavy atom. The number of hydrogen-bond donors (Lipinski definition) is 3. The number of aliphatic hydroxyl groups excluding tert-OH is 2. The minimum absolute atomic E-state index is 0.0387. The molecule has 0 spiro atoms. The van der Waals surface area contributed by atoms with Crippen LogP contribution in [-0.2, 0) is 0 Å². The quantitative estimate of drug-likeness (QED) is 0.797. The van der Waals surface area contributed by atoms with Crippen LogP contribution in [0.1, 0.15) is 85.2 Å². The SMILES string of the molecule is Cc1c2c(c(C(C)C)c(C(N)=O)c1C(C)C)C(O)C(O)C(C)O2. The molecule has 3 unspecified atom stereocenters.